The first-order chi connectivity index (χ1) is 6.79. The van der Waals surface area contributed by atoms with E-state index < -0.39 is 18.6 Å². The molecule has 0 aromatic heterocycles. The van der Waals surface area contributed by atoms with E-state index in [1.165, 1.54) is 18.2 Å². The number of carbonyl (C=O) groups is 1. The molecular weight excluding hydrogens is 324 g/mol. The van der Waals surface area contributed by atoms with E-state index in [9.17, 15) is 18.0 Å². The molecule has 0 spiro atoms. The lowest BCUT2D eigenvalue weighted by Gasteiger charge is -2.08. The molecule has 1 rings (SSSR count). The maximum Gasteiger partial charge on any atom is 0.393 e. The number of hydrogen-bond donors (Lipinski definition) is 1. The Kier molecular flexibility index (Phi) is 3.58. The van der Waals surface area contributed by atoms with Gasteiger partial charge >= 0.3 is 12.1 Å². The fourth-order valence-electron chi connectivity index (χ4n) is 1.04. The average Bonchev–Trinajstić information content (AvgIpc) is 2.05. The van der Waals surface area contributed by atoms with Gasteiger partial charge in [-0.3, -0.25) is 0 Å². The molecule has 0 saturated carbocycles. The molecule has 0 unspecified atom stereocenters. The van der Waals surface area contributed by atoms with Crippen LogP contribution in [0.15, 0.2) is 18.2 Å². The number of aromatic carboxylic acids is 1. The second-order valence-corrected chi connectivity index (χ2v) is 4.07. The fraction of sp³-hybridized carbons (Fsp3) is 0.222. The lowest BCUT2D eigenvalue weighted by molar-refractivity contribution is -0.127. The minimum Gasteiger partial charge on any atom is -0.478 e. The summed E-state index contributed by atoms with van der Waals surface area (Å²) in [6.45, 7) is 0. The van der Waals surface area contributed by atoms with Crippen molar-refractivity contribution in [1.82, 2.24) is 0 Å². The van der Waals surface area contributed by atoms with Crippen LogP contribution in [0, 0.1) is 3.57 Å². The van der Waals surface area contributed by atoms with Gasteiger partial charge in [-0.25, -0.2) is 4.79 Å². The van der Waals surface area contributed by atoms with Crippen LogP contribution in [0.2, 0.25) is 0 Å². The van der Waals surface area contributed by atoms with Gasteiger partial charge in [-0.05, 0) is 40.3 Å². The molecule has 0 aliphatic carbocycles. The van der Waals surface area contributed by atoms with Crippen LogP contribution in [-0.2, 0) is 6.42 Å². The number of hydrogen-bond acceptors (Lipinski definition) is 1. The largest absolute Gasteiger partial charge is 0.478 e. The Hall–Kier alpha value is -0.790. The van der Waals surface area contributed by atoms with Gasteiger partial charge in [0.1, 0.15) is 0 Å². The third kappa shape index (κ3) is 3.69. The van der Waals surface area contributed by atoms with E-state index in [0.717, 1.165) is 0 Å². The van der Waals surface area contributed by atoms with E-state index in [1.807, 2.05) is 0 Å². The number of benzene rings is 1. The highest BCUT2D eigenvalue weighted by atomic mass is 127. The lowest BCUT2D eigenvalue weighted by Crippen LogP contribution is -2.13. The van der Waals surface area contributed by atoms with Crippen molar-refractivity contribution in [2.75, 3.05) is 0 Å². The Morgan fingerprint density at radius 1 is 1.40 bits per heavy atom. The maximum absolute atomic E-state index is 12.1. The highest BCUT2D eigenvalue weighted by molar-refractivity contribution is 14.1. The van der Waals surface area contributed by atoms with Crippen LogP contribution in [0.3, 0.4) is 0 Å². The summed E-state index contributed by atoms with van der Waals surface area (Å²) in [7, 11) is 0. The molecule has 0 amide bonds. The Morgan fingerprint density at radius 3 is 2.40 bits per heavy atom. The minimum absolute atomic E-state index is 0.00896. The first-order valence-corrected chi connectivity index (χ1v) is 4.96. The number of carboxylic acids is 1. The van der Waals surface area contributed by atoms with Crippen LogP contribution < -0.4 is 0 Å². The Balaban J connectivity index is 2.99. The molecule has 1 N–H and O–H groups in total. The van der Waals surface area contributed by atoms with Gasteiger partial charge in [0.2, 0.25) is 0 Å². The third-order valence-electron chi connectivity index (χ3n) is 1.69. The first-order valence-electron chi connectivity index (χ1n) is 3.88. The zero-order chi connectivity index (χ0) is 11.6. The molecule has 0 aliphatic rings. The number of carboxylic acid groups (broad SMARTS) is 1. The second-order valence-electron chi connectivity index (χ2n) is 2.90. The molecule has 1 aromatic rings. The van der Waals surface area contributed by atoms with Crippen molar-refractivity contribution >= 4 is 28.6 Å². The minimum atomic E-state index is -4.27. The molecular formula is C9H6F3IO2. The molecule has 0 bridgehead atoms. The van der Waals surface area contributed by atoms with E-state index in [1.54, 1.807) is 22.6 Å². The van der Waals surface area contributed by atoms with E-state index >= 15 is 0 Å². The van der Waals surface area contributed by atoms with Crippen LogP contribution in [0.25, 0.3) is 0 Å². The smallest absolute Gasteiger partial charge is 0.393 e. The molecule has 82 valence electrons. The monoisotopic (exact) mass is 330 g/mol. The van der Waals surface area contributed by atoms with Crippen molar-refractivity contribution in [3.8, 4) is 0 Å². The topological polar surface area (TPSA) is 37.3 Å². The quantitative estimate of drug-likeness (QED) is 0.846. The maximum atomic E-state index is 12.1. The van der Waals surface area contributed by atoms with Crippen LogP contribution in [-0.4, -0.2) is 17.3 Å². The van der Waals surface area contributed by atoms with E-state index in [2.05, 4.69) is 0 Å². The van der Waals surface area contributed by atoms with E-state index in [4.69, 9.17) is 5.11 Å². The average molecular weight is 330 g/mol. The molecule has 0 atom stereocenters. The van der Waals surface area contributed by atoms with E-state index in [-0.39, 0.29) is 11.1 Å². The first kappa shape index (κ1) is 12.3. The van der Waals surface area contributed by atoms with Crippen molar-refractivity contribution < 1.29 is 23.1 Å². The Labute approximate surface area is 97.2 Å². The molecule has 0 radical (unpaired) electrons. The second kappa shape index (κ2) is 4.38. The van der Waals surface area contributed by atoms with Crippen molar-refractivity contribution in [2.45, 2.75) is 12.6 Å². The molecule has 0 fully saturated rings. The zero-order valence-electron chi connectivity index (χ0n) is 7.31. The fourth-order valence-corrected chi connectivity index (χ4v) is 1.75. The molecule has 2 nitrogen and oxygen atoms in total. The molecule has 0 aliphatic heterocycles. The van der Waals surface area contributed by atoms with Crippen molar-refractivity contribution in [3.63, 3.8) is 0 Å². The number of halogens is 4. The predicted molar refractivity (Wildman–Crippen MR) is 55.9 cm³/mol. The Bertz CT molecular complexity index is 387. The van der Waals surface area contributed by atoms with Gasteiger partial charge in [0.25, 0.3) is 0 Å². The summed E-state index contributed by atoms with van der Waals surface area (Å²) in [6.07, 6.45) is -5.31. The normalized spacial score (nSPS) is 11.5. The van der Waals surface area contributed by atoms with Gasteiger partial charge < -0.3 is 5.11 Å². The lowest BCUT2D eigenvalue weighted by atomic mass is 10.1. The summed E-state index contributed by atoms with van der Waals surface area (Å²) in [5.41, 5.74) is 0.0819. The zero-order valence-corrected chi connectivity index (χ0v) is 9.46. The number of rotatable bonds is 2. The Morgan fingerprint density at radius 2 is 2.00 bits per heavy atom. The van der Waals surface area contributed by atoms with Crippen LogP contribution in [0.1, 0.15) is 15.9 Å². The molecule has 6 heteroatoms. The van der Waals surface area contributed by atoms with Gasteiger partial charge in [0.05, 0.1) is 12.0 Å². The van der Waals surface area contributed by atoms with Gasteiger partial charge in [-0.2, -0.15) is 13.2 Å². The highest BCUT2D eigenvalue weighted by Crippen LogP contribution is 2.25. The van der Waals surface area contributed by atoms with Crippen molar-refractivity contribution in [3.05, 3.63) is 32.9 Å². The summed E-state index contributed by atoms with van der Waals surface area (Å²) in [5, 5.41) is 8.61. The summed E-state index contributed by atoms with van der Waals surface area (Å²) < 4.78 is 36.5. The standard InChI is InChI=1S/C9H6F3IO2/c10-9(11,12)4-6-2-1-5(8(14)15)3-7(6)13/h1-3H,4H2,(H,14,15). The summed E-state index contributed by atoms with van der Waals surface area (Å²) in [4.78, 5) is 10.5. The van der Waals surface area contributed by atoms with Gasteiger partial charge in [0, 0.05) is 3.57 Å². The van der Waals surface area contributed by atoms with Gasteiger partial charge in [0.15, 0.2) is 0 Å². The summed E-state index contributed by atoms with van der Waals surface area (Å²) in [6, 6.07) is 3.59. The highest BCUT2D eigenvalue weighted by Gasteiger charge is 2.28. The molecule has 0 heterocycles. The van der Waals surface area contributed by atoms with E-state index in [0.29, 0.717) is 3.57 Å². The van der Waals surface area contributed by atoms with Crippen LogP contribution >= 0.6 is 22.6 Å². The third-order valence-corrected chi connectivity index (χ3v) is 2.70. The summed E-state index contributed by atoms with van der Waals surface area (Å²) >= 11 is 1.70. The van der Waals surface area contributed by atoms with Crippen molar-refractivity contribution in [2.24, 2.45) is 0 Å². The molecule has 15 heavy (non-hydrogen) atoms. The predicted octanol–water partition coefficient (Wildman–Crippen LogP) is 3.09. The SMILES string of the molecule is O=C(O)c1ccc(CC(F)(F)F)c(I)c1. The van der Waals surface area contributed by atoms with Crippen LogP contribution in [0.4, 0.5) is 13.2 Å². The van der Waals surface area contributed by atoms with Crippen LogP contribution in [0.5, 0.6) is 0 Å². The van der Waals surface area contributed by atoms with Crippen molar-refractivity contribution in [1.29, 1.82) is 0 Å². The summed E-state index contributed by atoms with van der Waals surface area (Å²) in [5.74, 6) is -1.15. The van der Waals surface area contributed by atoms with Gasteiger partial charge in [-0.1, -0.05) is 6.07 Å². The molecule has 1 aromatic carbocycles. The van der Waals surface area contributed by atoms with Gasteiger partial charge in [-0.15, -0.1) is 0 Å². The molecule has 0 saturated heterocycles. The number of alkyl halides is 3.